The molecule has 0 spiro atoms. The van der Waals surface area contributed by atoms with Gasteiger partial charge in [-0.25, -0.2) is 0 Å². The van der Waals surface area contributed by atoms with Crippen LogP contribution < -0.4 is 5.32 Å². The SMILES string of the molecule is CC1CN(C)CCC1NCC1CCCCCC1. The first-order chi connectivity index (χ1) is 8.25. The highest BCUT2D eigenvalue weighted by Crippen LogP contribution is 2.23. The Morgan fingerprint density at radius 1 is 1.06 bits per heavy atom. The van der Waals surface area contributed by atoms with Crippen molar-refractivity contribution >= 4 is 0 Å². The molecule has 1 saturated carbocycles. The van der Waals surface area contributed by atoms with Crippen LogP contribution in [0.25, 0.3) is 0 Å². The average molecular weight is 238 g/mol. The van der Waals surface area contributed by atoms with E-state index in [1.807, 2.05) is 0 Å². The molecule has 1 N–H and O–H groups in total. The van der Waals surface area contributed by atoms with Crippen LogP contribution in [0.5, 0.6) is 0 Å². The lowest BCUT2D eigenvalue weighted by Crippen LogP contribution is -2.48. The van der Waals surface area contributed by atoms with Crippen molar-refractivity contribution in [2.45, 2.75) is 57.9 Å². The maximum atomic E-state index is 3.86. The van der Waals surface area contributed by atoms with Gasteiger partial charge in [0.2, 0.25) is 0 Å². The third-order valence-electron chi connectivity index (χ3n) is 4.75. The zero-order chi connectivity index (χ0) is 12.1. The van der Waals surface area contributed by atoms with Gasteiger partial charge in [-0.15, -0.1) is 0 Å². The van der Waals surface area contributed by atoms with Crippen LogP contribution in [0.15, 0.2) is 0 Å². The zero-order valence-electron chi connectivity index (χ0n) is 11.8. The van der Waals surface area contributed by atoms with Crippen LogP contribution >= 0.6 is 0 Å². The van der Waals surface area contributed by atoms with E-state index >= 15 is 0 Å². The number of nitrogens with zero attached hydrogens (tertiary/aromatic N) is 1. The smallest absolute Gasteiger partial charge is 0.0117 e. The molecule has 2 rings (SSSR count). The fraction of sp³-hybridized carbons (Fsp3) is 1.00. The highest BCUT2D eigenvalue weighted by molar-refractivity contribution is 4.82. The summed E-state index contributed by atoms with van der Waals surface area (Å²) in [5.74, 6) is 1.78. The normalized spacial score (nSPS) is 33.5. The van der Waals surface area contributed by atoms with Gasteiger partial charge in [-0.1, -0.05) is 32.6 Å². The molecule has 0 radical (unpaired) electrons. The highest BCUT2D eigenvalue weighted by atomic mass is 15.1. The second kappa shape index (κ2) is 6.75. The Morgan fingerprint density at radius 2 is 1.76 bits per heavy atom. The molecule has 17 heavy (non-hydrogen) atoms. The lowest BCUT2D eigenvalue weighted by Gasteiger charge is -2.36. The lowest BCUT2D eigenvalue weighted by molar-refractivity contribution is 0.170. The number of likely N-dealkylation sites (tertiary alicyclic amines) is 1. The van der Waals surface area contributed by atoms with Gasteiger partial charge >= 0.3 is 0 Å². The molecule has 0 aromatic rings. The Hall–Kier alpha value is -0.0800. The van der Waals surface area contributed by atoms with Gasteiger partial charge in [-0.3, -0.25) is 0 Å². The van der Waals surface area contributed by atoms with Gasteiger partial charge in [0.05, 0.1) is 0 Å². The van der Waals surface area contributed by atoms with E-state index in [1.54, 1.807) is 0 Å². The van der Waals surface area contributed by atoms with Gasteiger partial charge in [0.1, 0.15) is 0 Å². The molecule has 1 aliphatic heterocycles. The van der Waals surface area contributed by atoms with Crippen LogP contribution in [0.2, 0.25) is 0 Å². The molecule has 0 bridgehead atoms. The first-order valence-electron chi connectivity index (χ1n) is 7.67. The summed E-state index contributed by atoms with van der Waals surface area (Å²) in [4.78, 5) is 2.47. The molecule has 2 nitrogen and oxygen atoms in total. The molecule has 2 unspecified atom stereocenters. The van der Waals surface area contributed by atoms with Crippen molar-refractivity contribution in [2.75, 3.05) is 26.7 Å². The summed E-state index contributed by atoms with van der Waals surface area (Å²) in [5, 5.41) is 3.86. The number of rotatable bonds is 3. The Balaban J connectivity index is 1.69. The zero-order valence-corrected chi connectivity index (χ0v) is 11.8. The standard InChI is InChI=1S/C15H30N2/c1-13-12-17(2)10-9-15(13)16-11-14-7-5-3-4-6-8-14/h13-16H,3-12H2,1-2H3. The third-order valence-corrected chi connectivity index (χ3v) is 4.75. The van der Waals surface area contributed by atoms with Crippen molar-refractivity contribution in [3.05, 3.63) is 0 Å². The first-order valence-corrected chi connectivity index (χ1v) is 7.67. The minimum absolute atomic E-state index is 0.773. The number of nitrogens with one attached hydrogen (secondary N) is 1. The van der Waals surface area contributed by atoms with E-state index in [4.69, 9.17) is 0 Å². The van der Waals surface area contributed by atoms with E-state index in [9.17, 15) is 0 Å². The minimum atomic E-state index is 0.773. The monoisotopic (exact) mass is 238 g/mol. The molecule has 1 heterocycles. The van der Waals surface area contributed by atoms with Gasteiger partial charge in [-0.2, -0.15) is 0 Å². The molecule has 0 aromatic heterocycles. The van der Waals surface area contributed by atoms with Gasteiger partial charge in [0.25, 0.3) is 0 Å². The van der Waals surface area contributed by atoms with Gasteiger partial charge in [0, 0.05) is 12.6 Å². The van der Waals surface area contributed by atoms with Crippen LogP contribution in [-0.2, 0) is 0 Å². The summed E-state index contributed by atoms with van der Waals surface area (Å²) < 4.78 is 0. The van der Waals surface area contributed by atoms with Crippen molar-refractivity contribution in [3.8, 4) is 0 Å². The first kappa shape index (κ1) is 13.4. The molecule has 1 saturated heterocycles. The predicted octanol–water partition coefficient (Wildman–Crippen LogP) is 2.89. The molecular formula is C15H30N2. The van der Waals surface area contributed by atoms with E-state index in [0.717, 1.165) is 17.9 Å². The quantitative estimate of drug-likeness (QED) is 0.761. The maximum absolute atomic E-state index is 3.86. The van der Waals surface area contributed by atoms with E-state index in [2.05, 4.69) is 24.2 Å². The third kappa shape index (κ3) is 4.26. The summed E-state index contributed by atoms with van der Waals surface area (Å²) >= 11 is 0. The molecule has 1 aliphatic carbocycles. The average Bonchev–Trinajstić information content (AvgIpc) is 2.56. The van der Waals surface area contributed by atoms with E-state index in [-0.39, 0.29) is 0 Å². The molecule has 2 aliphatic rings. The summed E-state index contributed by atoms with van der Waals surface area (Å²) in [6, 6.07) is 0.773. The Bertz CT molecular complexity index is 209. The topological polar surface area (TPSA) is 15.3 Å². The second-order valence-electron chi connectivity index (χ2n) is 6.40. The van der Waals surface area contributed by atoms with Crippen LogP contribution in [-0.4, -0.2) is 37.6 Å². The Kier molecular flexibility index (Phi) is 5.30. The second-order valence-corrected chi connectivity index (χ2v) is 6.40. The molecule has 2 fully saturated rings. The number of hydrogen-bond acceptors (Lipinski definition) is 2. The van der Waals surface area contributed by atoms with E-state index in [0.29, 0.717) is 0 Å². The molecule has 100 valence electrons. The van der Waals surface area contributed by atoms with Crippen LogP contribution in [0.1, 0.15) is 51.9 Å². The molecular weight excluding hydrogens is 208 g/mol. The van der Waals surface area contributed by atoms with Gasteiger partial charge in [0.15, 0.2) is 0 Å². The lowest BCUT2D eigenvalue weighted by atomic mass is 9.92. The van der Waals surface area contributed by atoms with Gasteiger partial charge < -0.3 is 10.2 Å². The van der Waals surface area contributed by atoms with Crippen molar-refractivity contribution in [3.63, 3.8) is 0 Å². The van der Waals surface area contributed by atoms with E-state index < -0.39 is 0 Å². The minimum Gasteiger partial charge on any atom is -0.313 e. The summed E-state index contributed by atoms with van der Waals surface area (Å²) in [6.07, 6.45) is 10.2. The van der Waals surface area contributed by atoms with Gasteiger partial charge in [-0.05, 0) is 51.2 Å². The largest absolute Gasteiger partial charge is 0.313 e. The fourth-order valence-electron chi connectivity index (χ4n) is 3.54. The van der Waals surface area contributed by atoms with Crippen molar-refractivity contribution in [1.82, 2.24) is 10.2 Å². The van der Waals surface area contributed by atoms with Crippen LogP contribution in [0.4, 0.5) is 0 Å². The predicted molar refractivity (Wildman–Crippen MR) is 74.3 cm³/mol. The Morgan fingerprint density at radius 3 is 2.41 bits per heavy atom. The molecule has 2 heteroatoms. The van der Waals surface area contributed by atoms with Crippen LogP contribution in [0.3, 0.4) is 0 Å². The number of hydrogen-bond donors (Lipinski definition) is 1. The van der Waals surface area contributed by atoms with Crippen molar-refractivity contribution in [1.29, 1.82) is 0 Å². The highest BCUT2D eigenvalue weighted by Gasteiger charge is 2.24. The molecule has 0 aromatic carbocycles. The fourth-order valence-corrected chi connectivity index (χ4v) is 3.54. The van der Waals surface area contributed by atoms with Crippen molar-refractivity contribution in [2.24, 2.45) is 11.8 Å². The molecule has 2 atom stereocenters. The summed E-state index contributed by atoms with van der Waals surface area (Å²) in [6.45, 7) is 6.22. The maximum Gasteiger partial charge on any atom is 0.0117 e. The number of piperidine rings is 1. The summed E-state index contributed by atoms with van der Waals surface area (Å²) in [5.41, 5.74) is 0. The van der Waals surface area contributed by atoms with Crippen LogP contribution in [0, 0.1) is 11.8 Å². The molecule has 0 amide bonds. The van der Waals surface area contributed by atoms with E-state index in [1.165, 1.54) is 64.6 Å². The Labute approximate surface area is 107 Å². The summed E-state index contributed by atoms with van der Waals surface area (Å²) in [7, 11) is 2.25. The van der Waals surface area contributed by atoms with Crippen molar-refractivity contribution < 1.29 is 0 Å².